The third kappa shape index (κ3) is 4.55. The highest BCUT2D eigenvalue weighted by Crippen LogP contribution is 2.18. The first-order valence-corrected chi connectivity index (χ1v) is 7.00. The number of carbonyl (C=O) groups excluding carboxylic acids is 1. The number of ether oxygens (including phenoxy) is 1. The lowest BCUT2D eigenvalue weighted by Gasteiger charge is -2.05. The van der Waals surface area contributed by atoms with Gasteiger partial charge in [0.05, 0.1) is 5.75 Å². The van der Waals surface area contributed by atoms with E-state index in [0.29, 0.717) is 5.56 Å². The van der Waals surface area contributed by atoms with E-state index in [1.807, 2.05) is 0 Å². The van der Waals surface area contributed by atoms with Crippen molar-refractivity contribution in [2.75, 3.05) is 11.5 Å². The van der Waals surface area contributed by atoms with Gasteiger partial charge in [-0.2, -0.15) is 8.78 Å². The lowest BCUT2D eigenvalue weighted by Crippen LogP contribution is -2.11. The molecule has 0 saturated carbocycles. The molecule has 0 aliphatic carbocycles. The van der Waals surface area contributed by atoms with Gasteiger partial charge in [0, 0.05) is 11.6 Å². The molecule has 0 amide bonds. The van der Waals surface area contributed by atoms with E-state index in [1.165, 1.54) is 24.3 Å². The molecule has 0 aliphatic heterocycles. The molecule has 2 rings (SSSR count). The second-order valence-corrected chi connectivity index (χ2v) is 5.05. The average molecular weight is 327 g/mol. The molecular formula is C13H11F2N3O3S. The molecule has 3 N–H and O–H groups in total. The lowest BCUT2D eigenvalue weighted by molar-refractivity contribution is -0.0498. The fourth-order valence-corrected chi connectivity index (χ4v) is 2.34. The number of ketones is 1. The van der Waals surface area contributed by atoms with Crippen LogP contribution in [0.5, 0.6) is 5.75 Å². The van der Waals surface area contributed by atoms with Crippen LogP contribution in [0.25, 0.3) is 0 Å². The number of benzene rings is 1. The molecule has 0 spiro atoms. The molecule has 9 heteroatoms. The summed E-state index contributed by atoms with van der Waals surface area (Å²) in [6.07, 6.45) is 0. The standard InChI is InChI=1S/C13H11F2N3O3S/c14-12(15)21-8-3-1-7(2-4-8)9(19)6-22-13-17-10(16)5-11(20)18-13/h1-5,12H,6H2,(H3,16,17,18,20). The number of carbonyl (C=O) groups is 1. The number of nitrogens with one attached hydrogen (secondary N) is 1. The quantitative estimate of drug-likeness (QED) is 0.478. The van der Waals surface area contributed by atoms with Gasteiger partial charge in [0.25, 0.3) is 5.56 Å². The molecule has 22 heavy (non-hydrogen) atoms. The third-order valence-electron chi connectivity index (χ3n) is 2.48. The first kappa shape index (κ1) is 16.0. The van der Waals surface area contributed by atoms with Crippen molar-refractivity contribution < 1.29 is 18.3 Å². The van der Waals surface area contributed by atoms with E-state index in [0.717, 1.165) is 17.8 Å². The number of aromatic amines is 1. The van der Waals surface area contributed by atoms with E-state index in [2.05, 4.69) is 14.7 Å². The van der Waals surface area contributed by atoms with Crippen LogP contribution in [-0.2, 0) is 0 Å². The van der Waals surface area contributed by atoms with E-state index in [1.54, 1.807) is 0 Å². The molecule has 0 fully saturated rings. The molecule has 116 valence electrons. The predicted octanol–water partition coefficient (Wildman–Crippen LogP) is 1.93. The highest BCUT2D eigenvalue weighted by atomic mass is 32.2. The highest BCUT2D eigenvalue weighted by molar-refractivity contribution is 7.99. The Hall–Kier alpha value is -2.42. The second kappa shape index (κ2) is 7.03. The summed E-state index contributed by atoms with van der Waals surface area (Å²) in [4.78, 5) is 29.5. The van der Waals surface area contributed by atoms with Gasteiger partial charge in [-0.3, -0.25) is 9.59 Å². The number of nitrogens with zero attached hydrogens (tertiary/aromatic N) is 1. The summed E-state index contributed by atoms with van der Waals surface area (Å²) in [6, 6.07) is 6.47. The molecule has 0 aliphatic rings. The van der Waals surface area contributed by atoms with Crippen molar-refractivity contribution in [3.05, 3.63) is 46.2 Å². The maximum atomic E-state index is 12.0. The number of rotatable bonds is 6. The number of nitrogen functional groups attached to an aromatic ring is 1. The van der Waals surface area contributed by atoms with Crippen molar-refractivity contribution in [3.63, 3.8) is 0 Å². The number of anilines is 1. The topological polar surface area (TPSA) is 98.1 Å². The Kier molecular flexibility index (Phi) is 5.10. The van der Waals surface area contributed by atoms with Gasteiger partial charge in [-0.15, -0.1) is 0 Å². The van der Waals surface area contributed by atoms with Gasteiger partial charge in [0.1, 0.15) is 11.6 Å². The zero-order valence-electron chi connectivity index (χ0n) is 11.1. The van der Waals surface area contributed by atoms with Gasteiger partial charge in [0.2, 0.25) is 0 Å². The normalized spacial score (nSPS) is 10.7. The van der Waals surface area contributed by atoms with Crippen LogP contribution in [0, 0.1) is 0 Å². The van der Waals surface area contributed by atoms with Gasteiger partial charge >= 0.3 is 6.61 Å². The number of thioether (sulfide) groups is 1. The van der Waals surface area contributed by atoms with Crippen molar-refractivity contribution in [2.45, 2.75) is 11.8 Å². The summed E-state index contributed by atoms with van der Waals surface area (Å²) in [6.45, 7) is -2.91. The van der Waals surface area contributed by atoms with Crippen LogP contribution in [0.1, 0.15) is 10.4 Å². The Morgan fingerprint density at radius 2 is 2.05 bits per heavy atom. The zero-order valence-corrected chi connectivity index (χ0v) is 11.9. The molecule has 6 nitrogen and oxygen atoms in total. The molecule has 2 aromatic rings. The highest BCUT2D eigenvalue weighted by Gasteiger charge is 2.10. The maximum absolute atomic E-state index is 12.0. The van der Waals surface area contributed by atoms with Gasteiger partial charge in [-0.1, -0.05) is 11.8 Å². The Balaban J connectivity index is 1.98. The summed E-state index contributed by atoms with van der Waals surface area (Å²) in [5, 5.41) is 0.232. The SMILES string of the molecule is Nc1cc(=O)[nH]c(SCC(=O)c2ccc(OC(F)F)cc2)n1. The number of H-pyrrole nitrogens is 1. The van der Waals surface area contributed by atoms with Gasteiger partial charge in [0.15, 0.2) is 10.9 Å². The molecular weight excluding hydrogens is 316 g/mol. The van der Waals surface area contributed by atoms with E-state index >= 15 is 0 Å². The number of nitrogens with two attached hydrogens (primary N) is 1. The van der Waals surface area contributed by atoms with Crippen molar-refractivity contribution in [1.82, 2.24) is 9.97 Å². The number of aromatic nitrogens is 2. The van der Waals surface area contributed by atoms with Crippen LogP contribution in [0.4, 0.5) is 14.6 Å². The van der Waals surface area contributed by atoms with Gasteiger partial charge in [-0.25, -0.2) is 4.98 Å². The van der Waals surface area contributed by atoms with E-state index < -0.39 is 12.2 Å². The fraction of sp³-hybridized carbons (Fsp3) is 0.154. The first-order valence-electron chi connectivity index (χ1n) is 6.02. The minimum absolute atomic E-state index is 0.0153. The number of hydrogen-bond acceptors (Lipinski definition) is 6. The summed E-state index contributed by atoms with van der Waals surface area (Å²) in [7, 11) is 0. The summed E-state index contributed by atoms with van der Waals surface area (Å²) >= 11 is 1.02. The van der Waals surface area contributed by atoms with Crippen LogP contribution < -0.4 is 16.0 Å². The third-order valence-corrected chi connectivity index (χ3v) is 3.35. The molecule has 1 aromatic heterocycles. The van der Waals surface area contributed by atoms with Gasteiger partial charge in [-0.05, 0) is 24.3 Å². The minimum Gasteiger partial charge on any atom is -0.435 e. The van der Waals surface area contributed by atoms with Crippen LogP contribution in [0.3, 0.4) is 0 Å². The Labute approximate surface area is 127 Å². The molecule has 0 bridgehead atoms. The van der Waals surface area contributed by atoms with Crippen LogP contribution in [-0.4, -0.2) is 28.1 Å². The Bertz CT molecular complexity index is 719. The Morgan fingerprint density at radius 1 is 1.36 bits per heavy atom. The number of hydrogen-bond donors (Lipinski definition) is 2. The largest absolute Gasteiger partial charge is 0.435 e. The van der Waals surface area contributed by atoms with Crippen LogP contribution in [0.15, 0.2) is 40.3 Å². The summed E-state index contributed by atoms with van der Waals surface area (Å²) in [5.74, 6) is -0.201. The average Bonchev–Trinajstić information content (AvgIpc) is 2.44. The summed E-state index contributed by atoms with van der Waals surface area (Å²) in [5.41, 5.74) is 5.36. The van der Waals surface area contributed by atoms with Crippen molar-refractivity contribution in [3.8, 4) is 5.75 Å². The van der Waals surface area contributed by atoms with E-state index in [9.17, 15) is 18.4 Å². The van der Waals surface area contributed by atoms with Crippen LogP contribution >= 0.6 is 11.8 Å². The van der Waals surface area contributed by atoms with E-state index in [4.69, 9.17) is 5.73 Å². The molecule has 1 aromatic carbocycles. The Morgan fingerprint density at radius 3 is 2.64 bits per heavy atom. The van der Waals surface area contributed by atoms with Gasteiger partial charge < -0.3 is 15.5 Å². The molecule has 0 saturated heterocycles. The maximum Gasteiger partial charge on any atom is 0.387 e. The van der Waals surface area contributed by atoms with Crippen molar-refractivity contribution >= 4 is 23.4 Å². The fourth-order valence-electron chi connectivity index (χ4n) is 1.56. The smallest absolute Gasteiger partial charge is 0.387 e. The summed E-state index contributed by atoms with van der Waals surface area (Å²) < 4.78 is 28.2. The first-order chi connectivity index (χ1) is 10.4. The predicted molar refractivity (Wildman–Crippen MR) is 77.4 cm³/mol. The van der Waals surface area contributed by atoms with Crippen molar-refractivity contribution in [2.24, 2.45) is 0 Å². The minimum atomic E-state index is -2.91. The monoisotopic (exact) mass is 327 g/mol. The van der Waals surface area contributed by atoms with Crippen LogP contribution in [0.2, 0.25) is 0 Å². The molecule has 0 radical (unpaired) electrons. The van der Waals surface area contributed by atoms with Crippen molar-refractivity contribution in [1.29, 1.82) is 0 Å². The molecule has 0 atom stereocenters. The molecule has 1 heterocycles. The molecule has 0 unspecified atom stereocenters. The number of halogens is 2. The number of Topliss-reactive ketones (excluding diaryl/α,β-unsaturated/α-hetero) is 1. The zero-order chi connectivity index (χ0) is 16.1. The second-order valence-electron chi connectivity index (χ2n) is 4.09. The lowest BCUT2D eigenvalue weighted by atomic mass is 10.1. The van der Waals surface area contributed by atoms with E-state index in [-0.39, 0.29) is 28.3 Å². The number of alkyl halides is 2.